The van der Waals surface area contributed by atoms with E-state index in [1.54, 1.807) is 18.3 Å². The van der Waals surface area contributed by atoms with E-state index in [1.165, 1.54) is 6.07 Å². The highest BCUT2D eigenvalue weighted by Gasteiger charge is 2.12. The lowest BCUT2D eigenvalue weighted by Gasteiger charge is -2.08. The highest BCUT2D eigenvalue weighted by atomic mass is 35.5. The molecule has 1 N–H and O–H groups in total. The van der Waals surface area contributed by atoms with E-state index in [-0.39, 0.29) is 5.56 Å². The van der Waals surface area contributed by atoms with E-state index in [9.17, 15) is 4.79 Å². The fourth-order valence-electron chi connectivity index (χ4n) is 1.81. The van der Waals surface area contributed by atoms with Crippen molar-refractivity contribution in [3.8, 4) is 11.3 Å². The van der Waals surface area contributed by atoms with E-state index < -0.39 is 5.97 Å². The Bertz CT molecular complexity index is 578. The van der Waals surface area contributed by atoms with Gasteiger partial charge in [-0.15, -0.1) is 0 Å². The zero-order valence-electron chi connectivity index (χ0n) is 9.93. The molecule has 0 saturated carbocycles. The smallest absolute Gasteiger partial charge is 0.335 e. The fraction of sp³-hybridized carbons (Fsp3) is 0.231. The van der Waals surface area contributed by atoms with Gasteiger partial charge in [-0.1, -0.05) is 18.5 Å². The Labute approximate surface area is 110 Å². The third-order valence-corrected chi connectivity index (χ3v) is 2.97. The van der Waals surface area contributed by atoms with Crippen molar-refractivity contribution in [3.63, 3.8) is 0 Å². The summed E-state index contributed by atoms with van der Waals surface area (Å²) in [5.74, 6) is -0.963. The Morgan fingerprint density at radius 2 is 2.22 bits per heavy atom. The van der Waals surface area contributed by atoms with Crippen LogP contribution in [0.1, 0.15) is 23.7 Å². The minimum atomic E-state index is -0.963. The van der Waals surface area contributed by atoms with Crippen molar-refractivity contribution in [1.29, 1.82) is 0 Å². The van der Waals surface area contributed by atoms with Gasteiger partial charge in [-0.3, -0.25) is 4.68 Å². The Morgan fingerprint density at radius 3 is 2.89 bits per heavy atom. The first-order valence-corrected chi connectivity index (χ1v) is 6.06. The van der Waals surface area contributed by atoms with Crippen LogP contribution in [0.4, 0.5) is 0 Å². The summed E-state index contributed by atoms with van der Waals surface area (Å²) in [6, 6.07) is 6.51. The van der Waals surface area contributed by atoms with Gasteiger partial charge in [0.05, 0.1) is 11.3 Å². The summed E-state index contributed by atoms with van der Waals surface area (Å²) in [5.41, 5.74) is 1.76. The molecule has 0 bridgehead atoms. The van der Waals surface area contributed by atoms with Crippen molar-refractivity contribution in [1.82, 2.24) is 9.78 Å². The first kappa shape index (κ1) is 12.6. The molecule has 1 aromatic carbocycles. The molecule has 0 unspecified atom stereocenters. The second-order valence-electron chi connectivity index (χ2n) is 3.94. The maximum Gasteiger partial charge on any atom is 0.335 e. The largest absolute Gasteiger partial charge is 0.478 e. The molecule has 0 aliphatic heterocycles. The molecule has 0 fully saturated rings. The van der Waals surface area contributed by atoms with Crippen molar-refractivity contribution in [2.24, 2.45) is 0 Å². The minimum Gasteiger partial charge on any atom is -0.478 e. The van der Waals surface area contributed by atoms with Crippen LogP contribution in [-0.4, -0.2) is 20.9 Å². The average molecular weight is 265 g/mol. The van der Waals surface area contributed by atoms with Crippen LogP contribution in [0.5, 0.6) is 0 Å². The summed E-state index contributed by atoms with van der Waals surface area (Å²) in [6.45, 7) is 2.83. The lowest BCUT2D eigenvalue weighted by atomic mass is 10.1. The summed E-state index contributed by atoms with van der Waals surface area (Å²) in [5, 5.41) is 13.7. The number of carbonyl (C=O) groups is 1. The number of carboxylic acid groups (broad SMARTS) is 1. The van der Waals surface area contributed by atoms with Crippen LogP contribution >= 0.6 is 11.6 Å². The van der Waals surface area contributed by atoms with Crippen LogP contribution in [0.15, 0.2) is 30.5 Å². The zero-order chi connectivity index (χ0) is 13.1. The summed E-state index contributed by atoms with van der Waals surface area (Å²) >= 11 is 6.13. The molecule has 2 aromatic rings. The van der Waals surface area contributed by atoms with Crippen LogP contribution in [-0.2, 0) is 6.54 Å². The standard InChI is InChI=1S/C13H13ClN2O2/c1-2-7-16-12(5-6-15-16)10-8-9(13(17)18)3-4-11(10)14/h3-6,8H,2,7H2,1H3,(H,17,18). The van der Waals surface area contributed by atoms with Crippen LogP contribution in [0.25, 0.3) is 11.3 Å². The topological polar surface area (TPSA) is 55.1 Å². The number of aromatic nitrogens is 2. The predicted molar refractivity (Wildman–Crippen MR) is 69.9 cm³/mol. The Hall–Kier alpha value is -1.81. The van der Waals surface area contributed by atoms with Crippen molar-refractivity contribution in [2.45, 2.75) is 19.9 Å². The molecule has 0 aliphatic carbocycles. The summed E-state index contributed by atoms with van der Waals surface area (Å²) in [4.78, 5) is 11.0. The van der Waals surface area contributed by atoms with E-state index in [1.807, 2.05) is 10.7 Å². The number of halogens is 1. The molecule has 1 aromatic heterocycles. The summed E-state index contributed by atoms with van der Waals surface area (Å²) < 4.78 is 1.83. The SMILES string of the molecule is CCCn1nccc1-c1cc(C(=O)O)ccc1Cl. The van der Waals surface area contributed by atoms with Crippen LogP contribution in [0.3, 0.4) is 0 Å². The molecule has 0 spiro atoms. The van der Waals surface area contributed by atoms with Crippen molar-refractivity contribution in [2.75, 3.05) is 0 Å². The molecule has 0 saturated heterocycles. The number of hydrogen-bond acceptors (Lipinski definition) is 2. The van der Waals surface area contributed by atoms with Gasteiger partial charge in [0, 0.05) is 23.3 Å². The fourth-order valence-corrected chi connectivity index (χ4v) is 2.02. The Morgan fingerprint density at radius 1 is 1.44 bits per heavy atom. The molecule has 5 heteroatoms. The van der Waals surface area contributed by atoms with Crippen LogP contribution < -0.4 is 0 Å². The van der Waals surface area contributed by atoms with E-state index in [0.717, 1.165) is 18.7 Å². The number of benzene rings is 1. The second kappa shape index (κ2) is 5.23. The first-order valence-electron chi connectivity index (χ1n) is 5.68. The van der Waals surface area contributed by atoms with E-state index in [0.29, 0.717) is 10.6 Å². The molecular weight excluding hydrogens is 252 g/mol. The van der Waals surface area contributed by atoms with Gasteiger partial charge in [0.2, 0.25) is 0 Å². The minimum absolute atomic E-state index is 0.221. The van der Waals surface area contributed by atoms with Gasteiger partial charge >= 0.3 is 5.97 Å². The van der Waals surface area contributed by atoms with Crippen LogP contribution in [0.2, 0.25) is 5.02 Å². The van der Waals surface area contributed by atoms with Gasteiger partial charge in [-0.25, -0.2) is 4.79 Å². The lowest BCUT2D eigenvalue weighted by Crippen LogP contribution is -2.02. The van der Waals surface area contributed by atoms with Crippen molar-refractivity contribution in [3.05, 3.63) is 41.0 Å². The third kappa shape index (κ3) is 2.38. The van der Waals surface area contributed by atoms with Gasteiger partial charge in [-0.05, 0) is 30.7 Å². The van der Waals surface area contributed by atoms with E-state index in [2.05, 4.69) is 12.0 Å². The maximum atomic E-state index is 11.0. The highest BCUT2D eigenvalue weighted by Crippen LogP contribution is 2.28. The molecule has 0 atom stereocenters. The quantitative estimate of drug-likeness (QED) is 0.922. The first-order chi connectivity index (χ1) is 8.63. The third-order valence-electron chi connectivity index (χ3n) is 2.64. The Balaban J connectivity index is 2.52. The molecule has 94 valence electrons. The van der Waals surface area contributed by atoms with Crippen LogP contribution in [0, 0.1) is 0 Å². The molecule has 18 heavy (non-hydrogen) atoms. The van der Waals surface area contributed by atoms with Gasteiger partial charge in [0.25, 0.3) is 0 Å². The van der Waals surface area contributed by atoms with Crippen molar-refractivity contribution < 1.29 is 9.90 Å². The number of aryl methyl sites for hydroxylation is 1. The van der Waals surface area contributed by atoms with Gasteiger partial charge < -0.3 is 5.11 Å². The predicted octanol–water partition coefficient (Wildman–Crippen LogP) is 3.31. The number of carboxylic acids is 1. The number of nitrogens with zero attached hydrogens (tertiary/aromatic N) is 2. The molecule has 0 radical (unpaired) electrons. The zero-order valence-corrected chi connectivity index (χ0v) is 10.7. The second-order valence-corrected chi connectivity index (χ2v) is 4.35. The molecule has 4 nitrogen and oxygen atoms in total. The number of hydrogen-bond donors (Lipinski definition) is 1. The average Bonchev–Trinajstić information content (AvgIpc) is 2.78. The monoisotopic (exact) mass is 264 g/mol. The Kier molecular flexibility index (Phi) is 3.67. The molecular formula is C13H13ClN2O2. The lowest BCUT2D eigenvalue weighted by molar-refractivity contribution is 0.0697. The summed E-state index contributed by atoms with van der Waals surface area (Å²) in [7, 11) is 0. The van der Waals surface area contributed by atoms with Crippen molar-refractivity contribution >= 4 is 17.6 Å². The number of rotatable bonds is 4. The number of aromatic carboxylic acids is 1. The molecule has 0 amide bonds. The summed E-state index contributed by atoms with van der Waals surface area (Å²) in [6.07, 6.45) is 2.64. The van der Waals surface area contributed by atoms with Gasteiger partial charge in [0.1, 0.15) is 0 Å². The molecule has 2 rings (SSSR count). The van der Waals surface area contributed by atoms with E-state index in [4.69, 9.17) is 16.7 Å². The molecule has 1 heterocycles. The van der Waals surface area contributed by atoms with Gasteiger partial charge in [0.15, 0.2) is 0 Å². The van der Waals surface area contributed by atoms with Gasteiger partial charge in [-0.2, -0.15) is 5.10 Å². The maximum absolute atomic E-state index is 11.0. The molecule has 0 aliphatic rings. The highest BCUT2D eigenvalue weighted by molar-refractivity contribution is 6.33. The van der Waals surface area contributed by atoms with E-state index >= 15 is 0 Å². The normalized spacial score (nSPS) is 10.6.